The van der Waals surface area contributed by atoms with Gasteiger partial charge in [0.2, 0.25) is 10.0 Å². The summed E-state index contributed by atoms with van der Waals surface area (Å²) in [6.07, 6.45) is 4.29. The van der Waals surface area contributed by atoms with Crippen molar-refractivity contribution >= 4 is 25.7 Å². The number of hydrogen-bond acceptors (Lipinski definition) is 8. The summed E-state index contributed by atoms with van der Waals surface area (Å²) in [5.74, 6) is 0.118. The Morgan fingerprint density at radius 1 is 1.23 bits per heavy atom. The van der Waals surface area contributed by atoms with Crippen LogP contribution in [0, 0.1) is 0 Å². The minimum absolute atomic E-state index is 0.0564. The number of aryl methyl sites for hydroxylation is 1. The van der Waals surface area contributed by atoms with E-state index in [2.05, 4.69) is 20.3 Å². The average molecular weight is 396 g/mol. The van der Waals surface area contributed by atoms with Crippen LogP contribution in [0.3, 0.4) is 0 Å². The molecule has 1 aromatic heterocycles. The first-order valence-electron chi connectivity index (χ1n) is 7.44. The van der Waals surface area contributed by atoms with Gasteiger partial charge < -0.3 is 0 Å². The first-order valence-corrected chi connectivity index (χ1v) is 11.0. The fraction of sp³-hybridized carbons (Fsp3) is 0.286. The summed E-state index contributed by atoms with van der Waals surface area (Å²) < 4.78 is 48.0. The minimum Gasteiger partial charge on any atom is -0.271 e. The Labute approximate surface area is 150 Å². The Morgan fingerprint density at radius 2 is 2.00 bits per heavy atom. The third-order valence-electron chi connectivity index (χ3n) is 3.64. The molecule has 2 aromatic rings. The molecule has 0 saturated carbocycles. The molecule has 1 aromatic carbocycles. The van der Waals surface area contributed by atoms with Crippen LogP contribution in [-0.2, 0) is 26.4 Å². The molecule has 0 bridgehead atoms. The molecule has 0 atom stereocenters. The Balaban J connectivity index is 2.09. The van der Waals surface area contributed by atoms with Gasteiger partial charge in [0.1, 0.15) is 9.84 Å². The number of amidine groups is 1. The van der Waals surface area contributed by atoms with Crippen molar-refractivity contribution in [1.82, 2.24) is 9.78 Å². The quantitative estimate of drug-likeness (QED) is 0.750. The first kappa shape index (κ1) is 18.4. The van der Waals surface area contributed by atoms with Gasteiger partial charge in [0.05, 0.1) is 23.4 Å². The Kier molecular flexibility index (Phi) is 4.73. The van der Waals surface area contributed by atoms with Crippen LogP contribution in [0.15, 0.2) is 50.7 Å². The number of rotatable bonds is 6. The smallest absolute Gasteiger partial charge is 0.238 e. The van der Waals surface area contributed by atoms with E-state index < -0.39 is 19.9 Å². The zero-order valence-corrected chi connectivity index (χ0v) is 15.4. The molecule has 12 heteroatoms. The predicted octanol–water partition coefficient (Wildman–Crippen LogP) is 0.412. The zero-order valence-electron chi connectivity index (χ0n) is 13.8. The molecule has 138 valence electrons. The molecule has 0 unspecified atom stereocenters. The van der Waals surface area contributed by atoms with Gasteiger partial charge in [0.15, 0.2) is 12.5 Å². The molecular weight excluding hydrogens is 380 g/mol. The number of aromatic nitrogens is 2. The largest absolute Gasteiger partial charge is 0.271 e. The number of sulfonamides is 1. The standard InChI is InChI=1S/C14H16N6O4S2/c1-25(21,22)6-5-20-8-10(7-18-20)11-3-2-4-12(26(15,23)24)13(11)14-16-9-17-19-14/h2-4,7-8H,5-6,9H2,1H3,(H2,15,23,24). The lowest BCUT2D eigenvalue weighted by Crippen LogP contribution is -2.17. The van der Waals surface area contributed by atoms with Crippen LogP contribution >= 0.6 is 0 Å². The Hall–Kier alpha value is -2.44. The molecule has 3 rings (SSSR count). The van der Waals surface area contributed by atoms with E-state index in [4.69, 9.17) is 5.14 Å². The molecule has 2 heterocycles. The summed E-state index contributed by atoms with van der Waals surface area (Å²) >= 11 is 0. The second-order valence-corrected chi connectivity index (χ2v) is 9.50. The van der Waals surface area contributed by atoms with Crippen LogP contribution in [0.5, 0.6) is 0 Å². The van der Waals surface area contributed by atoms with E-state index in [1.165, 1.54) is 16.9 Å². The monoisotopic (exact) mass is 396 g/mol. The normalized spacial score (nSPS) is 14.6. The Morgan fingerprint density at radius 3 is 2.62 bits per heavy atom. The summed E-state index contributed by atoms with van der Waals surface area (Å²) in [5, 5.41) is 17.1. The first-order chi connectivity index (χ1) is 12.1. The molecule has 0 fully saturated rings. The second-order valence-electron chi connectivity index (χ2n) is 5.71. The number of aliphatic imine (C=N–C) groups is 1. The van der Waals surface area contributed by atoms with Crippen molar-refractivity contribution < 1.29 is 16.8 Å². The minimum atomic E-state index is -4.01. The van der Waals surface area contributed by atoms with Gasteiger partial charge >= 0.3 is 0 Å². The molecular formula is C14H16N6O4S2. The van der Waals surface area contributed by atoms with E-state index >= 15 is 0 Å². The van der Waals surface area contributed by atoms with E-state index in [9.17, 15) is 16.8 Å². The van der Waals surface area contributed by atoms with Crippen molar-refractivity contribution in [3.05, 3.63) is 36.2 Å². The van der Waals surface area contributed by atoms with E-state index in [0.29, 0.717) is 11.1 Å². The second kappa shape index (κ2) is 6.70. The lowest BCUT2D eigenvalue weighted by Gasteiger charge is -2.10. The van der Waals surface area contributed by atoms with Crippen molar-refractivity contribution in [1.29, 1.82) is 0 Å². The third kappa shape index (κ3) is 4.03. The van der Waals surface area contributed by atoms with Crippen molar-refractivity contribution in [3.63, 3.8) is 0 Å². The fourth-order valence-electron chi connectivity index (χ4n) is 2.48. The number of nitrogens with zero attached hydrogens (tertiary/aromatic N) is 5. The highest BCUT2D eigenvalue weighted by Crippen LogP contribution is 2.30. The topological polar surface area (TPSA) is 149 Å². The fourth-order valence-corrected chi connectivity index (χ4v) is 3.75. The number of azo groups is 1. The summed E-state index contributed by atoms with van der Waals surface area (Å²) in [5.41, 5.74) is 1.35. The van der Waals surface area contributed by atoms with Crippen molar-refractivity contribution in [2.24, 2.45) is 20.4 Å². The van der Waals surface area contributed by atoms with Crippen molar-refractivity contribution in [2.75, 3.05) is 18.7 Å². The maximum absolute atomic E-state index is 12.0. The molecule has 2 N–H and O–H groups in total. The van der Waals surface area contributed by atoms with Gasteiger partial charge in [0.25, 0.3) is 0 Å². The molecule has 0 aliphatic carbocycles. The van der Waals surface area contributed by atoms with Gasteiger partial charge in [-0.25, -0.2) is 27.0 Å². The number of nitrogens with two attached hydrogens (primary N) is 1. The van der Waals surface area contributed by atoms with Gasteiger partial charge in [-0.15, -0.1) is 5.11 Å². The van der Waals surface area contributed by atoms with Crippen LogP contribution in [0.4, 0.5) is 0 Å². The summed E-state index contributed by atoms with van der Waals surface area (Å²) in [6.45, 7) is 0.297. The SMILES string of the molecule is CS(=O)(=O)CCn1cc(-c2cccc(S(N)(=O)=O)c2C2=NCN=N2)cn1. The van der Waals surface area contributed by atoms with Crippen LogP contribution in [-0.4, -0.2) is 51.1 Å². The van der Waals surface area contributed by atoms with E-state index in [-0.39, 0.29) is 35.3 Å². The predicted molar refractivity (Wildman–Crippen MR) is 95.0 cm³/mol. The van der Waals surface area contributed by atoms with Crippen LogP contribution in [0.2, 0.25) is 0 Å². The lowest BCUT2D eigenvalue weighted by atomic mass is 10.0. The average Bonchev–Trinajstić information content (AvgIpc) is 3.22. The summed E-state index contributed by atoms with van der Waals surface area (Å²) in [7, 11) is -7.14. The number of sulfone groups is 1. The molecule has 0 amide bonds. The Bertz CT molecular complexity index is 1120. The van der Waals surface area contributed by atoms with Gasteiger partial charge in [-0.2, -0.15) is 10.2 Å². The van der Waals surface area contributed by atoms with Gasteiger partial charge in [-0.3, -0.25) is 4.68 Å². The molecule has 0 saturated heterocycles. The summed E-state index contributed by atoms with van der Waals surface area (Å²) in [6, 6.07) is 4.62. The van der Waals surface area contributed by atoms with Crippen molar-refractivity contribution in [2.45, 2.75) is 11.4 Å². The highest BCUT2D eigenvalue weighted by molar-refractivity contribution is 7.90. The third-order valence-corrected chi connectivity index (χ3v) is 5.52. The van der Waals surface area contributed by atoms with Crippen LogP contribution in [0.1, 0.15) is 5.56 Å². The molecule has 1 aliphatic rings. The van der Waals surface area contributed by atoms with Crippen LogP contribution < -0.4 is 5.14 Å². The van der Waals surface area contributed by atoms with Gasteiger partial charge in [-0.1, -0.05) is 12.1 Å². The number of benzene rings is 1. The number of primary sulfonamides is 1. The van der Waals surface area contributed by atoms with Crippen molar-refractivity contribution in [3.8, 4) is 11.1 Å². The highest BCUT2D eigenvalue weighted by Gasteiger charge is 2.24. The number of hydrogen-bond donors (Lipinski definition) is 1. The lowest BCUT2D eigenvalue weighted by molar-refractivity contribution is 0.586. The molecule has 26 heavy (non-hydrogen) atoms. The summed E-state index contributed by atoms with van der Waals surface area (Å²) in [4.78, 5) is 3.99. The van der Waals surface area contributed by atoms with Crippen LogP contribution in [0.25, 0.3) is 11.1 Å². The van der Waals surface area contributed by atoms with E-state index in [1.54, 1.807) is 18.3 Å². The van der Waals surface area contributed by atoms with E-state index in [1.807, 2.05) is 0 Å². The van der Waals surface area contributed by atoms with Gasteiger partial charge in [0, 0.05) is 23.6 Å². The highest BCUT2D eigenvalue weighted by atomic mass is 32.2. The van der Waals surface area contributed by atoms with Gasteiger partial charge in [-0.05, 0) is 11.6 Å². The molecule has 10 nitrogen and oxygen atoms in total. The molecule has 1 aliphatic heterocycles. The zero-order chi connectivity index (χ0) is 18.9. The maximum Gasteiger partial charge on any atom is 0.238 e. The van der Waals surface area contributed by atoms with E-state index in [0.717, 1.165) is 6.26 Å². The maximum atomic E-state index is 12.0. The molecule has 0 radical (unpaired) electrons. The molecule has 0 spiro atoms.